The maximum atomic E-state index is 11.8. The second-order valence-corrected chi connectivity index (χ2v) is 5.85. The third-order valence-corrected chi connectivity index (χ3v) is 2.84. The van der Waals surface area contributed by atoms with E-state index in [4.69, 9.17) is 14.6 Å². The molecule has 5 nitrogen and oxygen atoms in total. The zero-order valence-electron chi connectivity index (χ0n) is 9.24. The highest BCUT2D eigenvalue weighted by atomic mass is 32.2. The fourth-order valence-electron chi connectivity index (χ4n) is 1.27. The molecule has 0 aromatic carbocycles. The van der Waals surface area contributed by atoms with Gasteiger partial charge in [-0.2, -0.15) is 0 Å². The van der Waals surface area contributed by atoms with E-state index in [0.717, 1.165) is 0 Å². The van der Waals surface area contributed by atoms with E-state index < -0.39 is 22.0 Å². The molecule has 88 valence electrons. The number of nitrogens with two attached hydrogens (primary N) is 1. The Morgan fingerprint density at radius 3 is 2.33 bits per heavy atom. The first kappa shape index (κ1) is 12.6. The molecule has 1 aliphatic rings. The minimum Gasteiger partial charge on any atom is -0.459 e. The molecule has 0 aliphatic carbocycles. The van der Waals surface area contributed by atoms with Crippen LogP contribution in [0.5, 0.6) is 0 Å². The van der Waals surface area contributed by atoms with E-state index in [2.05, 4.69) is 0 Å². The van der Waals surface area contributed by atoms with Crippen LogP contribution in [-0.4, -0.2) is 34.7 Å². The van der Waals surface area contributed by atoms with Crippen molar-refractivity contribution in [2.75, 3.05) is 19.0 Å². The first-order valence-corrected chi connectivity index (χ1v) is 6.07. The van der Waals surface area contributed by atoms with Crippen LogP contribution in [0.3, 0.4) is 0 Å². The van der Waals surface area contributed by atoms with E-state index in [0.29, 0.717) is 0 Å². The second kappa shape index (κ2) is 4.19. The molecule has 1 heterocycles. The van der Waals surface area contributed by atoms with E-state index >= 15 is 0 Å². The number of hydrogen-bond acceptors (Lipinski definition) is 4. The summed E-state index contributed by atoms with van der Waals surface area (Å²) in [7, 11) is -1.51. The Labute approximate surface area is 91.9 Å². The van der Waals surface area contributed by atoms with E-state index in [1.165, 1.54) is 0 Å². The number of hydrogen-bond donors (Lipinski definition) is 1. The molecule has 1 aliphatic heterocycles. The van der Waals surface area contributed by atoms with Gasteiger partial charge < -0.3 is 9.47 Å². The Morgan fingerprint density at radius 2 is 2.07 bits per heavy atom. The molecule has 0 aromatic rings. The summed E-state index contributed by atoms with van der Waals surface area (Å²) in [5.74, 6) is -0.276. The van der Waals surface area contributed by atoms with Crippen molar-refractivity contribution in [2.45, 2.75) is 26.4 Å². The summed E-state index contributed by atoms with van der Waals surface area (Å²) in [5, 5.41) is 5.20. The van der Waals surface area contributed by atoms with Gasteiger partial charge in [0.2, 0.25) is 0 Å². The summed E-state index contributed by atoms with van der Waals surface area (Å²) in [5.41, 5.74) is -1.34. The van der Waals surface area contributed by atoms with Crippen LogP contribution in [0.25, 0.3) is 0 Å². The lowest BCUT2D eigenvalue weighted by molar-refractivity contribution is -0.191. The molecule has 15 heavy (non-hydrogen) atoms. The summed E-state index contributed by atoms with van der Waals surface area (Å²) in [6.45, 7) is 5.85. The molecule has 0 saturated carbocycles. The lowest BCUT2D eigenvalue weighted by atomic mass is 9.88. The van der Waals surface area contributed by atoms with Gasteiger partial charge in [-0.25, -0.2) is 4.21 Å². The van der Waals surface area contributed by atoms with E-state index in [1.807, 2.05) is 0 Å². The Kier molecular flexibility index (Phi) is 3.52. The molecular formula is C9H17NO4S. The Balaban J connectivity index is 2.66. The highest BCUT2D eigenvalue weighted by molar-refractivity contribution is 7.82. The number of rotatable bonds is 3. The summed E-state index contributed by atoms with van der Waals surface area (Å²) in [6.07, 6.45) is 0. The third kappa shape index (κ3) is 3.25. The van der Waals surface area contributed by atoms with Gasteiger partial charge in [0.05, 0.1) is 30.0 Å². The molecule has 0 spiro atoms. The quantitative estimate of drug-likeness (QED) is 0.697. The number of esters is 1. The Hall–Kier alpha value is -0.460. The smallest absolute Gasteiger partial charge is 0.318 e. The van der Waals surface area contributed by atoms with Crippen LogP contribution in [0, 0.1) is 5.41 Å². The minimum atomic E-state index is -1.51. The van der Waals surface area contributed by atoms with Gasteiger partial charge in [-0.3, -0.25) is 9.93 Å². The Morgan fingerprint density at radius 1 is 1.53 bits per heavy atom. The molecule has 0 radical (unpaired) electrons. The van der Waals surface area contributed by atoms with Crippen molar-refractivity contribution in [3.05, 3.63) is 0 Å². The van der Waals surface area contributed by atoms with Gasteiger partial charge in [-0.05, 0) is 20.8 Å². The molecule has 0 bridgehead atoms. The molecule has 1 saturated heterocycles. The number of carbonyl (C=O) groups is 1. The lowest BCUT2D eigenvalue weighted by Crippen LogP contribution is -2.55. The van der Waals surface area contributed by atoms with Crippen molar-refractivity contribution >= 4 is 17.0 Å². The lowest BCUT2D eigenvalue weighted by Gasteiger charge is -2.39. The molecule has 0 amide bonds. The van der Waals surface area contributed by atoms with E-state index in [9.17, 15) is 9.00 Å². The zero-order chi connectivity index (χ0) is 11.7. The highest BCUT2D eigenvalue weighted by Crippen LogP contribution is 2.31. The van der Waals surface area contributed by atoms with Crippen LogP contribution in [0.4, 0.5) is 0 Å². The average Bonchev–Trinajstić information content (AvgIpc) is 1.92. The van der Waals surface area contributed by atoms with Gasteiger partial charge in [0.1, 0.15) is 11.0 Å². The summed E-state index contributed by atoms with van der Waals surface area (Å²) in [4.78, 5) is 11.8. The second-order valence-electron chi connectivity index (χ2n) is 4.80. The van der Waals surface area contributed by atoms with Gasteiger partial charge >= 0.3 is 5.97 Å². The predicted molar refractivity (Wildman–Crippen MR) is 56.3 cm³/mol. The van der Waals surface area contributed by atoms with Crippen molar-refractivity contribution in [2.24, 2.45) is 10.6 Å². The van der Waals surface area contributed by atoms with Crippen LogP contribution < -0.4 is 5.14 Å². The third-order valence-electron chi connectivity index (χ3n) is 2.01. The van der Waals surface area contributed by atoms with Crippen molar-refractivity contribution in [3.63, 3.8) is 0 Å². The van der Waals surface area contributed by atoms with Crippen LogP contribution in [0.15, 0.2) is 0 Å². The van der Waals surface area contributed by atoms with Crippen molar-refractivity contribution in [1.29, 1.82) is 0 Å². The fourth-order valence-corrected chi connectivity index (χ4v) is 2.10. The predicted octanol–water partition coefficient (Wildman–Crippen LogP) is -0.0329. The maximum Gasteiger partial charge on any atom is 0.318 e. The molecule has 2 N–H and O–H groups in total. The van der Waals surface area contributed by atoms with Gasteiger partial charge in [0, 0.05) is 0 Å². The molecule has 1 atom stereocenters. The average molecular weight is 235 g/mol. The maximum absolute atomic E-state index is 11.8. The molecule has 1 rings (SSSR count). The summed E-state index contributed by atoms with van der Waals surface area (Å²) >= 11 is 0. The molecule has 6 heteroatoms. The molecule has 1 fully saturated rings. The standard InChI is InChI=1S/C9H17NO4S/c1-8(2,3)14-7(11)9(4-13-5-9)6-15(10)12/h4-6,10H2,1-3H3. The largest absolute Gasteiger partial charge is 0.459 e. The van der Waals surface area contributed by atoms with Gasteiger partial charge in [-0.1, -0.05) is 0 Å². The van der Waals surface area contributed by atoms with Gasteiger partial charge in [-0.15, -0.1) is 0 Å². The molecule has 0 aromatic heterocycles. The van der Waals surface area contributed by atoms with Gasteiger partial charge in [0.15, 0.2) is 0 Å². The number of ether oxygens (including phenoxy) is 2. The molecular weight excluding hydrogens is 218 g/mol. The normalized spacial score (nSPS) is 21.6. The van der Waals surface area contributed by atoms with Crippen molar-refractivity contribution in [1.82, 2.24) is 0 Å². The SMILES string of the molecule is CC(C)(C)OC(=O)C1(CS(N)=O)COC1. The zero-order valence-corrected chi connectivity index (χ0v) is 10.1. The van der Waals surface area contributed by atoms with Crippen LogP contribution >= 0.6 is 0 Å². The van der Waals surface area contributed by atoms with E-state index in [-0.39, 0.29) is 24.9 Å². The fraction of sp³-hybridized carbons (Fsp3) is 0.889. The van der Waals surface area contributed by atoms with Crippen LogP contribution in [0.1, 0.15) is 20.8 Å². The summed E-state index contributed by atoms with van der Waals surface area (Å²) < 4.78 is 21.2. The Bertz CT molecular complexity index is 280. The van der Waals surface area contributed by atoms with Crippen LogP contribution in [-0.2, 0) is 25.3 Å². The first-order valence-electron chi connectivity index (χ1n) is 4.69. The minimum absolute atomic E-state index is 0.0991. The first-order chi connectivity index (χ1) is 6.75. The van der Waals surface area contributed by atoms with Gasteiger partial charge in [0.25, 0.3) is 0 Å². The van der Waals surface area contributed by atoms with Crippen molar-refractivity contribution < 1.29 is 18.5 Å². The molecule has 1 unspecified atom stereocenters. The van der Waals surface area contributed by atoms with Crippen molar-refractivity contribution in [3.8, 4) is 0 Å². The monoisotopic (exact) mass is 235 g/mol. The highest BCUT2D eigenvalue weighted by Gasteiger charge is 2.49. The van der Waals surface area contributed by atoms with E-state index in [1.54, 1.807) is 20.8 Å². The van der Waals surface area contributed by atoms with Crippen LogP contribution in [0.2, 0.25) is 0 Å². The number of carbonyl (C=O) groups excluding carboxylic acids is 1. The summed E-state index contributed by atoms with van der Waals surface area (Å²) in [6, 6.07) is 0. The topological polar surface area (TPSA) is 78.6 Å².